The molecule has 1 aliphatic carbocycles. The number of carbonyl (C=O) groups is 1. The largest absolute Gasteiger partial charge is 0.369 e. The third-order valence-corrected chi connectivity index (χ3v) is 7.57. The number of anilines is 2. The number of nitriles is 1. The van der Waals surface area contributed by atoms with Gasteiger partial charge >= 0.3 is 0 Å². The smallest absolute Gasteiger partial charge is 0.256 e. The van der Waals surface area contributed by atoms with Crippen LogP contribution in [0.4, 0.5) is 11.4 Å². The Labute approximate surface area is 205 Å². The average molecular weight is 469 g/mol. The van der Waals surface area contributed by atoms with Crippen molar-refractivity contribution in [1.29, 1.82) is 5.26 Å². The summed E-state index contributed by atoms with van der Waals surface area (Å²) in [6.07, 6.45) is 2.79. The fraction of sp³-hybridized carbons (Fsp3) is 0.286. The number of rotatable bonds is 7. The molecule has 1 heterocycles. The van der Waals surface area contributed by atoms with Crippen LogP contribution in [0, 0.1) is 17.2 Å². The van der Waals surface area contributed by atoms with Gasteiger partial charge in [-0.25, -0.2) is 0 Å². The van der Waals surface area contributed by atoms with Gasteiger partial charge in [0.25, 0.3) is 5.91 Å². The first kappa shape index (κ1) is 22.5. The minimum absolute atomic E-state index is 0.149. The summed E-state index contributed by atoms with van der Waals surface area (Å²) in [5.41, 5.74) is 3.14. The van der Waals surface area contributed by atoms with E-state index < -0.39 is 0 Å². The Balaban J connectivity index is 1.27. The van der Waals surface area contributed by atoms with Crippen molar-refractivity contribution < 1.29 is 4.79 Å². The molecule has 3 aromatic carbocycles. The summed E-state index contributed by atoms with van der Waals surface area (Å²) in [5.74, 6) is 0.781. The van der Waals surface area contributed by atoms with Gasteiger partial charge in [-0.3, -0.25) is 9.69 Å². The standard InChI is InChI=1S/C28H28N4OS/c29-19-22-6-1-3-10-26(22)34-27-11-4-2-9-25(27)28(33)30-23-7-5-8-24(18-23)32-16-14-31(15-17-32)20-21-12-13-21/h1-11,18,21H,12-17,20H2,(H,30,33). The zero-order valence-electron chi connectivity index (χ0n) is 19.1. The van der Waals surface area contributed by atoms with Gasteiger partial charge in [-0.15, -0.1) is 0 Å². The van der Waals surface area contributed by atoms with Gasteiger partial charge in [0.2, 0.25) is 0 Å². The molecule has 0 radical (unpaired) electrons. The summed E-state index contributed by atoms with van der Waals surface area (Å²) >= 11 is 1.44. The predicted octanol–water partition coefficient (Wildman–Crippen LogP) is 5.49. The normalized spacial score (nSPS) is 16.1. The molecule has 0 bridgehead atoms. The molecule has 34 heavy (non-hydrogen) atoms. The highest BCUT2D eigenvalue weighted by molar-refractivity contribution is 7.99. The Morgan fingerprint density at radius 1 is 0.941 bits per heavy atom. The molecule has 1 N–H and O–H groups in total. The van der Waals surface area contributed by atoms with Gasteiger partial charge in [0.15, 0.2) is 0 Å². The van der Waals surface area contributed by atoms with E-state index in [4.69, 9.17) is 0 Å². The molecule has 5 nitrogen and oxygen atoms in total. The number of hydrogen-bond acceptors (Lipinski definition) is 5. The monoisotopic (exact) mass is 468 g/mol. The molecule has 0 spiro atoms. The number of amides is 1. The van der Waals surface area contributed by atoms with E-state index in [1.165, 1.54) is 31.1 Å². The summed E-state index contributed by atoms with van der Waals surface area (Å²) < 4.78 is 0. The van der Waals surface area contributed by atoms with E-state index in [0.717, 1.165) is 53.3 Å². The van der Waals surface area contributed by atoms with Crippen LogP contribution in [-0.2, 0) is 0 Å². The van der Waals surface area contributed by atoms with Gasteiger partial charge in [0.05, 0.1) is 11.1 Å². The van der Waals surface area contributed by atoms with Gasteiger partial charge in [0, 0.05) is 53.9 Å². The maximum absolute atomic E-state index is 13.2. The molecule has 0 aromatic heterocycles. The average Bonchev–Trinajstić information content (AvgIpc) is 3.69. The first-order chi connectivity index (χ1) is 16.7. The van der Waals surface area contributed by atoms with E-state index in [9.17, 15) is 10.1 Å². The molecular weight excluding hydrogens is 440 g/mol. The van der Waals surface area contributed by atoms with Crippen molar-refractivity contribution in [2.75, 3.05) is 42.9 Å². The Hall–Kier alpha value is -3.27. The molecule has 0 atom stereocenters. The maximum atomic E-state index is 13.2. The molecular formula is C28H28N4OS. The van der Waals surface area contributed by atoms with Crippen molar-refractivity contribution in [1.82, 2.24) is 4.90 Å². The van der Waals surface area contributed by atoms with E-state index in [1.807, 2.05) is 54.6 Å². The van der Waals surface area contributed by atoms with E-state index in [-0.39, 0.29) is 5.91 Å². The van der Waals surface area contributed by atoms with Crippen LogP contribution in [0.5, 0.6) is 0 Å². The van der Waals surface area contributed by atoms with Crippen LogP contribution in [-0.4, -0.2) is 43.5 Å². The first-order valence-electron chi connectivity index (χ1n) is 11.8. The van der Waals surface area contributed by atoms with Crippen LogP contribution >= 0.6 is 11.8 Å². The second-order valence-electron chi connectivity index (χ2n) is 8.94. The van der Waals surface area contributed by atoms with Gasteiger partial charge in [-0.05, 0) is 61.2 Å². The predicted molar refractivity (Wildman–Crippen MR) is 137 cm³/mol. The van der Waals surface area contributed by atoms with E-state index >= 15 is 0 Å². The summed E-state index contributed by atoms with van der Waals surface area (Å²) in [4.78, 5) is 19.9. The van der Waals surface area contributed by atoms with Crippen LogP contribution in [0.15, 0.2) is 82.6 Å². The van der Waals surface area contributed by atoms with E-state index in [1.54, 1.807) is 6.07 Å². The Morgan fingerprint density at radius 2 is 1.68 bits per heavy atom. The SMILES string of the molecule is N#Cc1ccccc1Sc1ccccc1C(=O)Nc1cccc(N2CCN(CC3CC3)CC2)c1. The third-order valence-electron chi connectivity index (χ3n) is 6.41. The lowest BCUT2D eigenvalue weighted by molar-refractivity contribution is 0.102. The van der Waals surface area contributed by atoms with Crippen LogP contribution in [0.2, 0.25) is 0 Å². The zero-order chi connectivity index (χ0) is 23.3. The number of hydrogen-bond donors (Lipinski definition) is 1. The number of nitrogens with zero attached hydrogens (tertiary/aromatic N) is 3. The second-order valence-corrected chi connectivity index (χ2v) is 10.0. The van der Waals surface area contributed by atoms with Crippen molar-refractivity contribution in [3.05, 3.63) is 83.9 Å². The molecule has 1 amide bonds. The Bertz CT molecular complexity index is 1210. The summed E-state index contributed by atoms with van der Waals surface area (Å²) in [7, 11) is 0. The number of nitrogens with one attached hydrogen (secondary N) is 1. The molecule has 3 aromatic rings. The molecule has 172 valence electrons. The molecule has 1 saturated heterocycles. The van der Waals surface area contributed by atoms with Gasteiger partial charge in [-0.2, -0.15) is 5.26 Å². The fourth-order valence-electron chi connectivity index (χ4n) is 4.34. The maximum Gasteiger partial charge on any atom is 0.256 e. The lowest BCUT2D eigenvalue weighted by atomic mass is 10.2. The van der Waals surface area contributed by atoms with Crippen LogP contribution in [0.3, 0.4) is 0 Å². The number of benzene rings is 3. The quantitative estimate of drug-likeness (QED) is 0.497. The number of piperazine rings is 1. The summed E-state index contributed by atoms with van der Waals surface area (Å²) in [5, 5.41) is 12.5. The van der Waals surface area contributed by atoms with Gasteiger partial charge in [-0.1, -0.05) is 42.1 Å². The molecule has 5 rings (SSSR count). The van der Waals surface area contributed by atoms with Crippen LogP contribution in [0.25, 0.3) is 0 Å². The van der Waals surface area contributed by atoms with Crippen molar-refractivity contribution in [3.8, 4) is 6.07 Å². The van der Waals surface area contributed by atoms with Crippen LogP contribution in [0.1, 0.15) is 28.8 Å². The zero-order valence-corrected chi connectivity index (χ0v) is 19.9. The van der Waals surface area contributed by atoms with Crippen molar-refractivity contribution in [2.45, 2.75) is 22.6 Å². The van der Waals surface area contributed by atoms with Crippen LogP contribution < -0.4 is 10.2 Å². The third kappa shape index (κ3) is 5.44. The highest BCUT2D eigenvalue weighted by Crippen LogP contribution is 2.33. The van der Waals surface area contributed by atoms with E-state index in [2.05, 4.69) is 33.3 Å². The lowest BCUT2D eigenvalue weighted by Crippen LogP contribution is -2.47. The van der Waals surface area contributed by atoms with Gasteiger partial charge < -0.3 is 10.2 Å². The summed E-state index contributed by atoms with van der Waals surface area (Å²) in [6.45, 7) is 5.48. The lowest BCUT2D eigenvalue weighted by Gasteiger charge is -2.36. The molecule has 2 aliphatic rings. The molecule has 6 heteroatoms. The van der Waals surface area contributed by atoms with Gasteiger partial charge in [0.1, 0.15) is 6.07 Å². The minimum Gasteiger partial charge on any atom is -0.369 e. The van der Waals surface area contributed by atoms with Crippen molar-refractivity contribution in [2.24, 2.45) is 5.92 Å². The molecule has 0 unspecified atom stereocenters. The Morgan fingerprint density at radius 3 is 2.44 bits per heavy atom. The Kier molecular flexibility index (Phi) is 6.84. The molecule has 1 aliphatic heterocycles. The second kappa shape index (κ2) is 10.3. The van der Waals surface area contributed by atoms with Crippen molar-refractivity contribution in [3.63, 3.8) is 0 Å². The summed E-state index contributed by atoms with van der Waals surface area (Å²) in [6, 6.07) is 25.3. The topological polar surface area (TPSA) is 59.4 Å². The highest BCUT2D eigenvalue weighted by Gasteiger charge is 2.26. The van der Waals surface area contributed by atoms with E-state index in [0.29, 0.717) is 11.1 Å². The highest BCUT2D eigenvalue weighted by atomic mass is 32.2. The fourth-order valence-corrected chi connectivity index (χ4v) is 5.37. The number of carbonyl (C=O) groups excluding carboxylic acids is 1. The van der Waals surface area contributed by atoms with Crippen molar-refractivity contribution >= 4 is 29.0 Å². The first-order valence-corrected chi connectivity index (χ1v) is 12.7. The molecule has 1 saturated carbocycles. The molecule has 2 fully saturated rings. The minimum atomic E-state index is -0.149.